The predicted octanol–water partition coefficient (Wildman–Crippen LogP) is 3.88. The molecule has 0 amide bonds. The van der Waals surface area contributed by atoms with Crippen LogP contribution in [-0.4, -0.2) is 41.0 Å². The number of aliphatic hydroxyl groups is 1. The molecule has 0 aromatic heterocycles. The van der Waals surface area contributed by atoms with Gasteiger partial charge in [-0.1, -0.05) is 36.4 Å². The van der Waals surface area contributed by atoms with Crippen LogP contribution in [0.4, 0.5) is 0 Å². The highest BCUT2D eigenvalue weighted by Gasteiger charge is 2.28. The monoisotopic (exact) mass is 450 g/mol. The molecule has 1 atom stereocenters. The largest absolute Gasteiger partial charge is 0.489 e. The van der Waals surface area contributed by atoms with Gasteiger partial charge in [-0.05, 0) is 74.6 Å². The fraction of sp³-hybridized carbons (Fsp3) is 0.481. The van der Waals surface area contributed by atoms with Crippen molar-refractivity contribution in [3.8, 4) is 11.8 Å². The lowest BCUT2D eigenvalue weighted by atomic mass is 9.88. The summed E-state index contributed by atoms with van der Waals surface area (Å²) in [4.78, 5) is 10.7. The lowest BCUT2D eigenvalue weighted by Gasteiger charge is -2.30. The van der Waals surface area contributed by atoms with Crippen LogP contribution >= 0.6 is 0 Å². The van der Waals surface area contributed by atoms with E-state index >= 15 is 0 Å². The minimum absolute atomic E-state index is 0.0586. The molecule has 0 spiro atoms. The van der Waals surface area contributed by atoms with Gasteiger partial charge in [0.05, 0.1) is 5.56 Å². The third-order valence-corrected chi connectivity index (χ3v) is 6.24. The van der Waals surface area contributed by atoms with E-state index in [9.17, 15) is 15.2 Å². The van der Waals surface area contributed by atoms with Gasteiger partial charge in [-0.15, -0.1) is 0 Å². The molecule has 33 heavy (non-hydrogen) atoms. The first-order chi connectivity index (χ1) is 15.8. The first-order valence-corrected chi connectivity index (χ1v) is 11.6. The van der Waals surface area contributed by atoms with Gasteiger partial charge in [0.1, 0.15) is 24.5 Å². The zero-order valence-electron chi connectivity index (χ0n) is 19.5. The fourth-order valence-electron chi connectivity index (χ4n) is 4.69. The van der Waals surface area contributed by atoms with E-state index in [-0.39, 0.29) is 18.6 Å². The Labute approximate surface area is 196 Å². The SMILES string of the molecule is CC(C)(CC1Cc2ccccc2C1)NC[C@H](O)COc1cccc(CCCC(=O)O)c1C#N. The molecule has 0 heterocycles. The second kappa shape index (κ2) is 11.3. The van der Waals surface area contributed by atoms with Gasteiger partial charge in [0, 0.05) is 18.5 Å². The van der Waals surface area contributed by atoms with E-state index in [1.807, 2.05) is 6.07 Å². The van der Waals surface area contributed by atoms with Crippen molar-refractivity contribution in [2.45, 2.75) is 64.0 Å². The van der Waals surface area contributed by atoms with Crippen molar-refractivity contribution >= 4 is 5.97 Å². The standard InChI is InChI=1S/C27H34N2O4/c1-27(2,15-19-13-21-7-3-4-8-22(21)14-19)29-17-23(30)18-33-25-11-5-9-20(24(25)16-28)10-6-12-26(31)32/h3-5,7-9,11,19,23,29-30H,6,10,12-15,17-18H2,1-2H3,(H,31,32)/t23-/m0/s1. The molecule has 176 valence electrons. The summed E-state index contributed by atoms with van der Waals surface area (Å²) in [6, 6.07) is 16.1. The van der Waals surface area contributed by atoms with Crippen LogP contribution in [0.15, 0.2) is 42.5 Å². The van der Waals surface area contributed by atoms with Gasteiger partial charge < -0.3 is 20.3 Å². The Balaban J connectivity index is 1.46. The molecule has 6 nitrogen and oxygen atoms in total. The van der Waals surface area contributed by atoms with Crippen LogP contribution in [0.25, 0.3) is 0 Å². The number of carboxylic acids is 1. The van der Waals surface area contributed by atoms with Crippen LogP contribution in [0.3, 0.4) is 0 Å². The van der Waals surface area contributed by atoms with E-state index in [4.69, 9.17) is 9.84 Å². The summed E-state index contributed by atoms with van der Waals surface area (Å²) in [6.07, 6.45) is 3.53. The van der Waals surface area contributed by atoms with Gasteiger partial charge in [-0.2, -0.15) is 5.26 Å². The molecule has 0 unspecified atom stereocenters. The van der Waals surface area contributed by atoms with Gasteiger partial charge >= 0.3 is 5.97 Å². The van der Waals surface area contributed by atoms with Gasteiger partial charge in [0.25, 0.3) is 0 Å². The first kappa shape index (κ1) is 24.8. The summed E-state index contributed by atoms with van der Waals surface area (Å²) >= 11 is 0. The summed E-state index contributed by atoms with van der Waals surface area (Å²) < 4.78 is 5.77. The minimum atomic E-state index is -0.850. The zero-order valence-corrected chi connectivity index (χ0v) is 19.5. The third-order valence-electron chi connectivity index (χ3n) is 6.24. The van der Waals surface area contributed by atoms with Gasteiger partial charge in [-0.25, -0.2) is 0 Å². The Hall–Kier alpha value is -2.88. The normalized spacial score (nSPS) is 14.5. The molecule has 0 radical (unpaired) electrons. The van der Waals surface area contributed by atoms with Gasteiger partial charge in [0.2, 0.25) is 0 Å². The molecular weight excluding hydrogens is 416 g/mol. The molecule has 0 fully saturated rings. The Morgan fingerprint density at radius 3 is 2.55 bits per heavy atom. The topological polar surface area (TPSA) is 103 Å². The number of nitrogens with one attached hydrogen (secondary N) is 1. The number of fused-ring (bicyclic) bond motifs is 1. The fourth-order valence-corrected chi connectivity index (χ4v) is 4.69. The van der Waals surface area contributed by atoms with E-state index in [1.54, 1.807) is 12.1 Å². The average Bonchev–Trinajstić information content (AvgIpc) is 3.17. The minimum Gasteiger partial charge on any atom is -0.489 e. The van der Waals surface area contributed by atoms with E-state index in [0.717, 1.165) is 24.8 Å². The van der Waals surface area contributed by atoms with Crippen molar-refractivity contribution in [2.75, 3.05) is 13.2 Å². The maximum absolute atomic E-state index is 10.7. The quantitative estimate of drug-likeness (QED) is 0.454. The number of hydrogen-bond donors (Lipinski definition) is 3. The first-order valence-electron chi connectivity index (χ1n) is 11.6. The number of ether oxygens (including phenoxy) is 1. The van der Waals surface area contributed by atoms with Crippen LogP contribution in [0.1, 0.15) is 55.4 Å². The van der Waals surface area contributed by atoms with Crippen LogP contribution in [-0.2, 0) is 24.1 Å². The van der Waals surface area contributed by atoms with Crippen molar-refractivity contribution in [3.05, 3.63) is 64.7 Å². The summed E-state index contributed by atoms with van der Waals surface area (Å²) in [5.74, 6) is 0.171. The van der Waals surface area contributed by atoms with Crippen LogP contribution in [0.5, 0.6) is 5.75 Å². The average molecular weight is 451 g/mol. The second-order valence-electron chi connectivity index (χ2n) is 9.63. The van der Waals surface area contributed by atoms with Crippen molar-refractivity contribution in [1.82, 2.24) is 5.32 Å². The van der Waals surface area contributed by atoms with Gasteiger partial charge in [0.15, 0.2) is 0 Å². The van der Waals surface area contributed by atoms with Crippen LogP contribution < -0.4 is 10.1 Å². The molecule has 6 heteroatoms. The maximum Gasteiger partial charge on any atom is 0.303 e. The molecule has 2 aromatic carbocycles. The second-order valence-corrected chi connectivity index (χ2v) is 9.63. The highest BCUT2D eigenvalue weighted by molar-refractivity contribution is 5.66. The predicted molar refractivity (Wildman–Crippen MR) is 127 cm³/mol. The van der Waals surface area contributed by atoms with Crippen molar-refractivity contribution in [3.63, 3.8) is 0 Å². The lowest BCUT2D eigenvalue weighted by molar-refractivity contribution is -0.137. The molecule has 3 N–H and O–H groups in total. The highest BCUT2D eigenvalue weighted by atomic mass is 16.5. The lowest BCUT2D eigenvalue weighted by Crippen LogP contribution is -2.46. The van der Waals surface area contributed by atoms with E-state index < -0.39 is 12.1 Å². The molecule has 1 aliphatic rings. The molecule has 0 aliphatic heterocycles. The number of aryl methyl sites for hydroxylation is 1. The zero-order chi connectivity index (χ0) is 23.8. The van der Waals surface area contributed by atoms with Crippen molar-refractivity contribution in [1.29, 1.82) is 5.26 Å². The number of benzene rings is 2. The van der Waals surface area contributed by atoms with Crippen LogP contribution in [0, 0.1) is 17.2 Å². The Kier molecular flexibility index (Phi) is 8.49. The third kappa shape index (κ3) is 7.31. The number of nitrogens with zero attached hydrogens (tertiary/aromatic N) is 1. The Bertz CT molecular complexity index is 971. The molecule has 3 rings (SSSR count). The molecule has 0 saturated heterocycles. The Morgan fingerprint density at radius 1 is 1.21 bits per heavy atom. The number of carbonyl (C=O) groups is 1. The number of aliphatic carboxylic acids is 1. The highest BCUT2D eigenvalue weighted by Crippen LogP contribution is 2.32. The number of aliphatic hydroxyl groups excluding tert-OH is 1. The number of rotatable bonds is 12. The Morgan fingerprint density at radius 2 is 1.91 bits per heavy atom. The molecule has 2 aromatic rings. The number of hydrogen-bond acceptors (Lipinski definition) is 5. The summed E-state index contributed by atoms with van der Waals surface area (Å²) in [6.45, 7) is 4.80. The number of β-amino-alcohol motifs (C(OH)–C–C–N with tert-alkyl or cyclic N) is 1. The summed E-state index contributed by atoms with van der Waals surface area (Å²) in [5.41, 5.74) is 3.96. The van der Waals surface area contributed by atoms with Gasteiger partial charge in [-0.3, -0.25) is 4.79 Å². The van der Waals surface area contributed by atoms with Crippen molar-refractivity contribution in [2.24, 2.45) is 5.92 Å². The smallest absolute Gasteiger partial charge is 0.303 e. The van der Waals surface area contributed by atoms with E-state index in [2.05, 4.69) is 49.5 Å². The summed E-state index contributed by atoms with van der Waals surface area (Å²) in [7, 11) is 0. The van der Waals surface area contributed by atoms with Crippen molar-refractivity contribution < 1.29 is 19.7 Å². The molecule has 1 aliphatic carbocycles. The number of nitriles is 1. The number of carboxylic acid groups (broad SMARTS) is 1. The molecule has 0 bridgehead atoms. The molecule has 0 saturated carbocycles. The van der Waals surface area contributed by atoms with Crippen LogP contribution in [0.2, 0.25) is 0 Å². The molecular formula is C27H34N2O4. The summed E-state index contributed by atoms with van der Waals surface area (Å²) in [5, 5.41) is 32.3. The van der Waals surface area contributed by atoms with E-state index in [0.29, 0.717) is 36.6 Å². The van der Waals surface area contributed by atoms with E-state index in [1.165, 1.54) is 11.1 Å². The maximum atomic E-state index is 10.7.